The number of hydrogen-bond acceptors (Lipinski definition) is 5. The molecule has 0 N–H and O–H groups in total. The third-order valence-corrected chi connectivity index (χ3v) is 2.81. The minimum atomic E-state index is -0.976. The number of methoxy groups -OCH3 is 1. The van der Waals surface area contributed by atoms with Crippen molar-refractivity contribution in [1.29, 1.82) is 0 Å². The van der Waals surface area contributed by atoms with E-state index in [0.29, 0.717) is 5.56 Å². The number of esters is 2. The molecule has 0 saturated carbocycles. The molecule has 0 saturated heterocycles. The molecule has 5 nitrogen and oxygen atoms in total. The molecule has 108 valence electrons. The molecule has 20 heavy (non-hydrogen) atoms. The van der Waals surface area contributed by atoms with Gasteiger partial charge in [0, 0.05) is 12.0 Å². The van der Waals surface area contributed by atoms with Gasteiger partial charge in [-0.1, -0.05) is 30.3 Å². The summed E-state index contributed by atoms with van der Waals surface area (Å²) in [5.74, 6) is -2.38. The molecule has 0 bridgehead atoms. The molecule has 0 aromatic heterocycles. The second-order valence-electron chi connectivity index (χ2n) is 4.15. The number of rotatable bonds is 7. The van der Waals surface area contributed by atoms with Crippen LogP contribution in [0.2, 0.25) is 0 Å². The minimum absolute atomic E-state index is 0.00143. The van der Waals surface area contributed by atoms with Crippen molar-refractivity contribution in [2.24, 2.45) is 5.92 Å². The molecule has 0 amide bonds. The number of hydrogen-bond donors (Lipinski definition) is 0. The highest BCUT2D eigenvalue weighted by Gasteiger charge is 2.29. The van der Waals surface area contributed by atoms with Crippen molar-refractivity contribution in [3.05, 3.63) is 35.9 Å². The third kappa shape index (κ3) is 4.50. The van der Waals surface area contributed by atoms with Crippen LogP contribution in [-0.4, -0.2) is 31.4 Å². The Morgan fingerprint density at radius 3 is 2.35 bits per heavy atom. The number of Topliss-reactive ketones (excluding diaryl/α,β-unsaturated/α-hetero) is 1. The van der Waals surface area contributed by atoms with E-state index in [0.717, 1.165) is 0 Å². The van der Waals surface area contributed by atoms with Gasteiger partial charge in [-0.05, 0) is 13.3 Å². The summed E-state index contributed by atoms with van der Waals surface area (Å²) >= 11 is 0. The molecule has 0 radical (unpaired) electrons. The zero-order valence-corrected chi connectivity index (χ0v) is 11.6. The lowest BCUT2D eigenvalue weighted by Crippen LogP contribution is -2.27. The maximum atomic E-state index is 12.3. The third-order valence-electron chi connectivity index (χ3n) is 2.81. The van der Waals surface area contributed by atoms with Crippen molar-refractivity contribution in [3.63, 3.8) is 0 Å². The van der Waals surface area contributed by atoms with Crippen molar-refractivity contribution in [3.8, 4) is 0 Å². The summed E-state index contributed by atoms with van der Waals surface area (Å²) < 4.78 is 9.42. The Labute approximate surface area is 117 Å². The van der Waals surface area contributed by atoms with E-state index in [9.17, 15) is 14.4 Å². The first-order valence-corrected chi connectivity index (χ1v) is 6.42. The van der Waals surface area contributed by atoms with E-state index < -0.39 is 17.9 Å². The van der Waals surface area contributed by atoms with Crippen LogP contribution in [-0.2, 0) is 19.1 Å². The van der Waals surface area contributed by atoms with Crippen LogP contribution in [0.25, 0.3) is 0 Å². The fourth-order valence-electron chi connectivity index (χ4n) is 1.77. The lowest BCUT2D eigenvalue weighted by molar-refractivity contribution is -0.147. The van der Waals surface area contributed by atoms with Crippen molar-refractivity contribution in [1.82, 2.24) is 0 Å². The largest absolute Gasteiger partial charge is 0.469 e. The minimum Gasteiger partial charge on any atom is -0.469 e. The average Bonchev–Trinajstić information content (AvgIpc) is 2.48. The van der Waals surface area contributed by atoms with Crippen LogP contribution < -0.4 is 0 Å². The van der Waals surface area contributed by atoms with Crippen LogP contribution in [0.15, 0.2) is 30.3 Å². The van der Waals surface area contributed by atoms with Crippen LogP contribution in [0.1, 0.15) is 30.1 Å². The quantitative estimate of drug-likeness (QED) is 0.433. The Hall–Kier alpha value is -2.17. The summed E-state index contributed by atoms with van der Waals surface area (Å²) in [6.07, 6.45) is 0.0811. The van der Waals surface area contributed by atoms with Gasteiger partial charge in [-0.25, -0.2) is 0 Å². The van der Waals surface area contributed by atoms with E-state index in [1.54, 1.807) is 37.3 Å². The summed E-state index contributed by atoms with van der Waals surface area (Å²) in [5.41, 5.74) is 0.426. The van der Waals surface area contributed by atoms with E-state index in [2.05, 4.69) is 4.74 Å². The zero-order chi connectivity index (χ0) is 15.0. The first kappa shape index (κ1) is 15.9. The lowest BCUT2D eigenvalue weighted by Gasteiger charge is -2.14. The number of carbonyl (C=O) groups is 3. The highest BCUT2D eigenvalue weighted by molar-refractivity contribution is 6.08. The van der Waals surface area contributed by atoms with Gasteiger partial charge in [-0.2, -0.15) is 0 Å². The van der Waals surface area contributed by atoms with Gasteiger partial charge in [-0.15, -0.1) is 0 Å². The van der Waals surface area contributed by atoms with Gasteiger partial charge in [0.05, 0.1) is 13.7 Å². The van der Waals surface area contributed by atoms with Gasteiger partial charge in [-0.3, -0.25) is 14.4 Å². The van der Waals surface area contributed by atoms with Crippen LogP contribution in [0.5, 0.6) is 0 Å². The smallest absolute Gasteiger partial charge is 0.316 e. The molecule has 0 aliphatic heterocycles. The SMILES string of the molecule is CCOC(=O)C(CCC(=O)OC)C(=O)c1ccccc1. The fraction of sp³-hybridized carbons (Fsp3) is 0.400. The number of benzene rings is 1. The highest BCUT2D eigenvalue weighted by atomic mass is 16.5. The first-order chi connectivity index (χ1) is 9.60. The number of ketones is 1. The molecule has 0 aliphatic carbocycles. The maximum absolute atomic E-state index is 12.3. The topological polar surface area (TPSA) is 69.7 Å². The molecule has 0 fully saturated rings. The van der Waals surface area contributed by atoms with Crippen LogP contribution in [0.3, 0.4) is 0 Å². The second kappa shape index (κ2) is 8.09. The Balaban J connectivity index is 2.84. The average molecular weight is 278 g/mol. The van der Waals surface area contributed by atoms with Gasteiger partial charge in [0.15, 0.2) is 5.78 Å². The summed E-state index contributed by atoms with van der Waals surface area (Å²) in [4.78, 5) is 35.3. The standard InChI is InChI=1S/C15H18O5/c1-3-20-15(18)12(9-10-13(16)19-2)14(17)11-7-5-4-6-8-11/h4-8,12H,3,9-10H2,1-2H3. The zero-order valence-electron chi connectivity index (χ0n) is 11.6. The van der Waals surface area contributed by atoms with Gasteiger partial charge in [0.2, 0.25) is 0 Å². The molecule has 5 heteroatoms. The van der Waals surface area contributed by atoms with Crippen molar-refractivity contribution < 1.29 is 23.9 Å². The van der Waals surface area contributed by atoms with Crippen LogP contribution in [0.4, 0.5) is 0 Å². The van der Waals surface area contributed by atoms with E-state index >= 15 is 0 Å². The van der Waals surface area contributed by atoms with E-state index in [1.165, 1.54) is 7.11 Å². The van der Waals surface area contributed by atoms with Gasteiger partial charge in [0.1, 0.15) is 5.92 Å². The predicted molar refractivity (Wildman–Crippen MR) is 72.1 cm³/mol. The second-order valence-corrected chi connectivity index (χ2v) is 4.15. The normalized spacial score (nSPS) is 11.5. The molecule has 1 aromatic rings. The maximum Gasteiger partial charge on any atom is 0.316 e. The van der Waals surface area contributed by atoms with Gasteiger partial charge in [0.25, 0.3) is 0 Å². The molecular formula is C15H18O5. The molecule has 1 aromatic carbocycles. The molecule has 1 rings (SSSR count). The van der Waals surface area contributed by atoms with Crippen molar-refractivity contribution in [2.45, 2.75) is 19.8 Å². The molecule has 1 unspecified atom stereocenters. The molecule has 0 heterocycles. The lowest BCUT2D eigenvalue weighted by atomic mass is 9.93. The molecular weight excluding hydrogens is 260 g/mol. The fourth-order valence-corrected chi connectivity index (χ4v) is 1.77. The van der Waals surface area contributed by atoms with E-state index in [4.69, 9.17) is 4.74 Å². The summed E-state index contributed by atoms with van der Waals surface area (Å²) in [7, 11) is 1.26. The number of ether oxygens (including phenoxy) is 2. The Kier molecular flexibility index (Phi) is 6.43. The highest BCUT2D eigenvalue weighted by Crippen LogP contribution is 2.17. The Bertz CT molecular complexity index is 466. The number of carbonyl (C=O) groups excluding carboxylic acids is 3. The Morgan fingerprint density at radius 2 is 1.80 bits per heavy atom. The van der Waals surface area contributed by atoms with Crippen molar-refractivity contribution in [2.75, 3.05) is 13.7 Å². The monoisotopic (exact) mass is 278 g/mol. The summed E-state index contributed by atoms with van der Waals surface area (Å²) in [5, 5.41) is 0. The first-order valence-electron chi connectivity index (χ1n) is 6.42. The van der Waals surface area contributed by atoms with Gasteiger partial charge < -0.3 is 9.47 Å². The van der Waals surface area contributed by atoms with Gasteiger partial charge >= 0.3 is 11.9 Å². The van der Waals surface area contributed by atoms with Crippen molar-refractivity contribution >= 4 is 17.7 Å². The molecule has 0 spiro atoms. The Morgan fingerprint density at radius 1 is 1.15 bits per heavy atom. The van der Waals surface area contributed by atoms with E-state index in [-0.39, 0.29) is 25.2 Å². The predicted octanol–water partition coefficient (Wildman–Crippen LogP) is 2.00. The molecule has 0 aliphatic rings. The van der Waals surface area contributed by atoms with E-state index in [1.807, 2.05) is 0 Å². The van der Waals surface area contributed by atoms with Crippen LogP contribution in [0, 0.1) is 5.92 Å². The molecule has 1 atom stereocenters. The summed E-state index contributed by atoms with van der Waals surface area (Å²) in [6, 6.07) is 8.48. The summed E-state index contributed by atoms with van der Waals surface area (Å²) in [6.45, 7) is 1.86. The van der Waals surface area contributed by atoms with Crippen LogP contribution >= 0.6 is 0 Å².